The Bertz CT molecular complexity index is 956. The van der Waals surface area contributed by atoms with Crippen LogP contribution in [-0.2, 0) is 24.9 Å². The van der Waals surface area contributed by atoms with Gasteiger partial charge in [-0.3, -0.25) is 14.3 Å². The first kappa shape index (κ1) is 17.7. The lowest BCUT2D eigenvalue weighted by Crippen LogP contribution is -2.37. The number of fused-ring (bicyclic) bond motifs is 1. The fourth-order valence-electron chi connectivity index (χ4n) is 2.81. The maximum Gasteiger partial charge on any atom is 0.269 e. The molecule has 0 atom stereocenters. The van der Waals surface area contributed by atoms with Gasteiger partial charge in [-0.1, -0.05) is 12.1 Å². The standard InChI is InChI=1S/C18H22N6O2/c1-4-24-15(9-12(2)22-24)18(26)20-11-17(25)19-10-16-21-13-7-5-6-8-14(13)23(16)3/h5-9H,4,10-11H2,1-3H3,(H,19,25)(H,20,26). The van der Waals surface area contributed by atoms with E-state index in [0.29, 0.717) is 18.8 Å². The molecular formula is C18H22N6O2. The van der Waals surface area contributed by atoms with E-state index < -0.39 is 0 Å². The second kappa shape index (κ2) is 7.38. The first-order valence-corrected chi connectivity index (χ1v) is 8.49. The van der Waals surface area contributed by atoms with Gasteiger partial charge in [0.05, 0.1) is 29.8 Å². The van der Waals surface area contributed by atoms with Crippen molar-refractivity contribution in [2.45, 2.75) is 26.9 Å². The van der Waals surface area contributed by atoms with Crippen LogP contribution >= 0.6 is 0 Å². The number of nitrogens with one attached hydrogen (secondary N) is 2. The van der Waals surface area contributed by atoms with Crippen LogP contribution < -0.4 is 10.6 Å². The third kappa shape index (κ3) is 3.58. The SMILES string of the molecule is CCn1nc(C)cc1C(=O)NCC(=O)NCc1nc2ccccc2n1C. The summed E-state index contributed by atoms with van der Waals surface area (Å²) in [6.45, 7) is 4.53. The molecule has 0 aliphatic rings. The van der Waals surface area contributed by atoms with Crippen molar-refractivity contribution in [2.24, 2.45) is 7.05 Å². The second-order valence-electron chi connectivity index (χ2n) is 6.02. The van der Waals surface area contributed by atoms with Gasteiger partial charge in [-0.15, -0.1) is 0 Å². The average molecular weight is 354 g/mol. The van der Waals surface area contributed by atoms with E-state index in [-0.39, 0.29) is 18.4 Å². The lowest BCUT2D eigenvalue weighted by molar-refractivity contribution is -0.120. The third-order valence-electron chi connectivity index (χ3n) is 4.17. The van der Waals surface area contributed by atoms with E-state index in [9.17, 15) is 9.59 Å². The monoisotopic (exact) mass is 354 g/mol. The van der Waals surface area contributed by atoms with Gasteiger partial charge < -0.3 is 15.2 Å². The van der Waals surface area contributed by atoms with Crippen LogP contribution in [0.25, 0.3) is 11.0 Å². The molecule has 0 radical (unpaired) electrons. The Hall–Kier alpha value is -3.16. The Labute approximate surface area is 151 Å². The number of amides is 2. The highest BCUT2D eigenvalue weighted by Gasteiger charge is 2.14. The van der Waals surface area contributed by atoms with Crippen LogP contribution in [0.5, 0.6) is 0 Å². The molecular weight excluding hydrogens is 332 g/mol. The van der Waals surface area contributed by atoms with Crippen molar-refractivity contribution in [3.8, 4) is 0 Å². The molecule has 2 heterocycles. The Morgan fingerprint density at radius 2 is 1.96 bits per heavy atom. The largest absolute Gasteiger partial charge is 0.347 e. The van der Waals surface area contributed by atoms with Crippen molar-refractivity contribution in [1.82, 2.24) is 30.0 Å². The molecule has 0 spiro atoms. The molecule has 136 valence electrons. The minimum absolute atomic E-state index is 0.100. The highest BCUT2D eigenvalue weighted by atomic mass is 16.2. The number of aryl methyl sites for hydroxylation is 3. The maximum absolute atomic E-state index is 12.2. The van der Waals surface area contributed by atoms with E-state index in [1.54, 1.807) is 10.7 Å². The zero-order chi connectivity index (χ0) is 18.7. The number of para-hydroxylation sites is 2. The van der Waals surface area contributed by atoms with Crippen molar-refractivity contribution >= 4 is 22.8 Å². The summed E-state index contributed by atoms with van der Waals surface area (Å²) < 4.78 is 3.55. The van der Waals surface area contributed by atoms with Gasteiger partial charge in [0.2, 0.25) is 5.91 Å². The molecule has 0 saturated carbocycles. The van der Waals surface area contributed by atoms with E-state index in [1.807, 2.05) is 49.7 Å². The number of hydrogen-bond acceptors (Lipinski definition) is 4. The van der Waals surface area contributed by atoms with Crippen LogP contribution in [0.2, 0.25) is 0 Å². The smallest absolute Gasteiger partial charge is 0.269 e. The Morgan fingerprint density at radius 1 is 1.19 bits per heavy atom. The first-order chi connectivity index (χ1) is 12.5. The van der Waals surface area contributed by atoms with E-state index >= 15 is 0 Å². The average Bonchev–Trinajstić information content (AvgIpc) is 3.18. The number of carbonyl (C=O) groups is 2. The lowest BCUT2D eigenvalue weighted by Gasteiger charge is -2.08. The Morgan fingerprint density at radius 3 is 2.69 bits per heavy atom. The van der Waals surface area contributed by atoms with Crippen LogP contribution in [0.3, 0.4) is 0 Å². The molecule has 2 amide bonds. The summed E-state index contributed by atoms with van der Waals surface area (Å²) in [5.74, 6) is 0.167. The summed E-state index contributed by atoms with van der Waals surface area (Å²) in [4.78, 5) is 28.8. The lowest BCUT2D eigenvalue weighted by atomic mass is 10.3. The van der Waals surface area contributed by atoms with Crippen LogP contribution in [0.15, 0.2) is 30.3 Å². The molecule has 0 fully saturated rings. The molecule has 0 aliphatic carbocycles. The van der Waals surface area contributed by atoms with Crippen LogP contribution in [0.4, 0.5) is 0 Å². The van der Waals surface area contributed by atoms with Gasteiger partial charge in [0, 0.05) is 13.6 Å². The molecule has 0 aliphatic heterocycles. The van der Waals surface area contributed by atoms with E-state index in [1.165, 1.54) is 0 Å². The van der Waals surface area contributed by atoms with Crippen molar-refractivity contribution in [3.05, 3.63) is 47.5 Å². The van der Waals surface area contributed by atoms with Gasteiger partial charge in [-0.25, -0.2) is 4.98 Å². The van der Waals surface area contributed by atoms with E-state index in [0.717, 1.165) is 22.6 Å². The highest BCUT2D eigenvalue weighted by Crippen LogP contribution is 2.13. The van der Waals surface area contributed by atoms with Crippen molar-refractivity contribution in [1.29, 1.82) is 0 Å². The van der Waals surface area contributed by atoms with Crippen molar-refractivity contribution in [2.75, 3.05) is 6.54 Å². The predicted octanol–water partition coefficient (Wildman–Crippen LogP) is 1.14. The van der Waals surface area contributed by atoms with Gasteiger partial charge >= 0.3 is 0 Å². The van der Waals surface area contributed by atoms with Gasteiger partial charge in [-0.2, -0.15) is 5.10 Å². The van der Waals surface area contributed by atoms with Crippen molar-refractivity contribution in [3.63, 3.8) is 0 Å². The van der Waals surface area contributed by atoms with Crippen molar-refractivity contribution < 1.29 is 9.59 Å². The predicted molar refractivity (Wildman–Crippen MR) is 97.5 cm³/mol. The molecule has 2 aromatic heterocycles. The number of imidazole rings is 1. The van der Waals surface area contributed by atoms with E-state index in [4.69, 9.17) is 0 Å². The summed E-state index contributed by atoms with van der Waals surface area (Å²) in [5.41, 5.74) is 3.11. The Balaban J connectivity index is 1.55. The van der Waals surface area contributed by atoms with Crippen LogP contribution in [0.1, 0.15) is 28.9 Å². The molecule has 8 heteroatoms. The topological polar surface area (TPSA) is 93.8 Å². The molecule has 0 unspecified atom stereocenters. The van der Waals surface area contributed by atoms with Crippen LogP contribution in [-0.4, -0.2) is 37.7 Å². The van der Waals surface area contributed by atoms with Gasteiger partial charge in [0.1, 0.15) is 11.5 Å². The first-order valence-electron chi connectivity index (χ1n) is 8.49. The molecule has 3 rings (SSSR count). The number of aromatic nitrogens is 4. The minimum Gasteiger partial charge on any atom is -0.347 e. The molecule has 0 bridgehead atoms. The number of rotatable bonds is 6. The number of hydrogen-bond donors (Lipinski definition) is 2. The van der Waals surface area contributed by atoms with Crippen LogP contribution in [0, 0.1) is 6.92 Å². The molecule has 0 saturated heterocycles. The summed E-state index contributed by atoms with van der Waals surface area (Å²) in [7, 11) is 1.91. The fraction of sp³-hybridized carbons (Fsp3) is 0.333. The molecule has 2 N–H and O–H groups in total. The third-order valence-corrected chi connectivity index (χ3v) is 4.17. The summed E-state index contributed by atoms with van der Waals surface area (Å²) >= 11 is 0. The zero-order valence-electron chi connectivity index (χ0n) is 15.1. The maximum atomic E-state index is 12.2. The number of carbonyl (C=O) groups excluding carboxylic acids is 2. The van der Waals surface area contributed by atoms with E-state index in [2.05, 4.69) is 20.7 Å². The fourth-order valence-corrected chi connectivity index (χ4v) is 2.81. The summed E-state index contributed by atoms with van der Waals surface area (Å²) in [6.07, 6.45) is 0. The zero-order valence-corrected chi connectivity index (χ0v) is 15.1. The van der Waals surface area contributed by atoms with Gasteiger partial charge in [-0.05, 0) is 32.0 Å². The normalized spacial score (nSPS) is 10.9. The van der Waals surface area contributed by atoms with Gasteiger partial charge in [0.15, 0.2) is 0 Å². The molecule has 3 aromatic rings. The quantitative estimate of drug-likeness (QED) is 0.694. The van der Waals surface area contributed by atoms with Gasteiger partial charge in [0.25, 0.3) is 5.91 Å². The molecule has 1 aromatic carbocycles. The second-order valence-corrected chi connectivity index (χ2v) is 6.02. The minimum atomic E-state index is -0.315. The Kier molecular flexibility index (Phi) is 5.01. The highest BCUT2D eigenvalue weighted by molar-refractivity contribution is 5.95. The summed E-state index contributed by atoms with van der Waals surface area (Å²) in [6, 6.07) is 9.49. The molecule has 26 heavy (non-hydrogen) atoms. The number of benzene rings is 1. The number of nitrogens with zero attached hydrogens (tertiary/aromatic N) is 4. The molecule has 8 nitrogen and oxygen atoms in total. The summed E-state index contributed by atoms with van der Waals surface area (Å²) in [5, 5.41) is 9.64.